The Labute approximate surface area is 129 Å². The number of piperidine rings is 1. The minimum Gasteiger partial charge on any atom is -0.478 e. The zero-order valence-electron chi connectivity index (χ0n) is 12.6. The molecule has 1 fully saturated rings. The second-order valence-electron chi connectivity index (χ2n) is 5.45. The summed E-state index contributed by atoms with van der Waals surface area (Å²) in [4.78, 5) is 25.3. The molecule has 2 rings (SSSR count). The first kappa shape index (κ1) is 16.3. The van der Waals surface area contributed by atoms with E-state index in [1.807, 2.05) is 6.92 Å². The number of ether oxygens (including phenoxy) is 1. The maximum atomic E-state index is 13.6. The third kappa shape index (κ3) is 3.75. The summed E-state index contributed by atoms with van der Waals surface area (Å²) >= 11 is 0. The Morgan fingerprint density at radius 2 is 2.00 bits per heavy atom. The number of carbonyl (C=O) groups excluding carboxylic acids is 2. The van der Waals surface area contributed by atoms with Crippen LogP contribution in [0.25, 0.3) is 0 Å². The van der Waals surface area contributed by atoms with Gasteiger partial charge in [-0.05, 0) is 31.4 Å². The van der Waals surface area contributed by atoms with Crippen molar-refractivity contribution in [1.82, 2.24) is 4.90 Å². The zero-order chi connectivity index (χ0) is 16.1. The number of primary amides is 1. The monoisotopic (exact) mass is 308 g/mol. The van der Waals surface area contributed by atoms with Gasteiger partial charge >= 0.3 is 0 Å². The molecular weight excluding hydrogens is 287 g/mol. The molecule has 0 aliphatic carbocycles. The van der Waals surface area contributed by atoms with E-state index in [2.05, 4.69) is 0 Å². The van der Waals surface area contributed by atoms with Crippen LogP contribution < -0.4 is 10.5 Å². The number of benzene rings is 1. The van der Waals surface area contributed by atoms with Gasteiger partial charge in [0.15, 0.2) is 17.7 Å². The van der Waals surface area contributed by atoms with Crippen molar-refractivity contribution >= 4 is 11.8 Å². The van der Waals surface area contributed by atoms with E-state index in [1.54, 1.807) is 17.0 Å². The van der Waals surface area contributed by atoms with Crippen molar-refractivity contribution in [2.45, 2.75) is 32.3 Å². The Morgan fingerprint density at radius 3 is 2.55 bits per heavy atom. The largest absolute Gasteiger partial charge is 0.478 e. The third-order valence-corrected chi connectivity index (χ3v) is 3.96. The van der Waals surface area contributed by atoms with E-state index in [-0.39, 0.29) is 23.5 Å². The van der Waals surface area contributed by atoms with Crippen molar-refractivity contribution in [2.75, 3.05) is 13.1 Å². The molecule has 1 aromatic carbocycles. The quantitative estimate of drug-likeness (QED) is 0.900. The molecule has 0 aromatic heterocycles. The lowest BCUT2D eigenvalue weighted by atomic mass is 9.96. The van der Waals surface area contributed by atoms with E-state index >= 15 is 0 Å². The molecule has 1 heterocycles. The Bertz CT molecular complexity index is 542. The van der Waals surface area contributed by atoms with Crippen LogP contribution in [0.15, 0.2) is 24.3 Å². The molecule has 120 valence electrons. The Balaban J connectivity index is 1.98. The molecule has 22 heavy (non-hydrogen) atoms. The summed E-state index contributed by atoms with van der Waals surface area (Å²) in [6, 6.07) is 6.03. The average molecular weight is 308 g/mol. The molecule has 5 nitrogen and oxygen atoms in total. The fraction of sp³-hybridized carbons (Fsp3) is 0.500. The Kier molecular flexibility index (Phi) is 5.35. The van der Waals surface area contributed by atoms with Crippen LogP contribution in [0.4, 0.5) is 4.39 Å². The number of carbonyl (C=O) groups is 2. The number of nitrogens with two attached hydrogens (primary N) is 1. The number of para-hydroxylation sites is 1. The van der Waals surface area contributed by atoms with Crippen molar-refractivity contribution in [3.05, 3.63) is 30.1 Å². The molecule has 1 atom stereocenters. The number of nitrogens with zero attached hydrogens (tertiary/aromatic N) is 1. The SMILES string of the molecule is CCC(Oc1ccccc1F)C(=O)N1CCC(C(N)=O)CC1. The smallest absolute Gasteiger partial charge is 0.263 e. The van der Waals surface area contributed by atoms with Gasteiger partial charge in [-0.15, -0.1) is 0 Å². The van der Waals surface area contributed by atoms with Crippen molar-refractivity contribution in [2.24, 2.45) is 11.7 Å². The van der Waals surface area contributed by atoms with Gasteiger partial charge in [0.1, 0.15) is 0 Å². The summed E-state index contributed by atoms with van der Waals surface area (Å²) in [5.74, 6) is -1.07. The number of hydrogen-bond acceptors (Lipinski definition) is 3. The van der Waals surface area contributed by atoms with Crippen molar-refractivity contribution in [1.29, 1.82) is 0 Å². The first-order valence-electron chi connectivity index (χ1n) is 7.52. The molecule has 2 N–H and O–H groups in total. The van der Waals surface area contributed by atoms with Gasteiger partial charge in [-0.2, -0.15) is 0 Å². The predicted molar refractivity (Wildman–Crippen MR) is 79.6 cm³/mol. The zero-order valence-corrected chi connectivity index (χ0v) is 12.6. The number of rotatable bonds is 5. The van der Waals surface area contributed by atoms with Crippen LogP contribution in [0.5, 0.6) is 5.75 Å². The molecule has 1 aromatic rings. The standard InChI is InChI=1S/C16H21FN2O3/c1-2-13(22-14-6-4-3-5-12(14)17)16(21)19-9-7-11(8-10-19)15(18)20/h3-6,11,13H,2,7-10H2,1H3,(H2,18,20). The van der Waals surface area contributed by atoms with Crippen LogP contribution >= 0.6 is 0 Å². The molecule has 0 bridgehead atoms. The van der Waals surface area contributed by atoms with E-state index in [9.17, 15) is 14.0 Å². The summed E-state index contributed by atoms with van der Waals surface area (Å²) < 4.78 is 19.2. The van der Waals surface area contributed by atoms with Gasteiger partial charge in [-0.1, -0.05) is 19.1 Å². The van der Waals surface area contributed by atoms with Crippen LogP contribution in [0.1, 0.15) is 26.2 Å². The van der Waals surface area contributed by atoms with Crippen molar-refractivity contribution in [3.8, 4) is 5.75 Å². The predicted octanol–water partition coefficient (Wildman–Crippen LogP) is 1.71. The third-order valence-electron chi connectivity index (χ3n) is 3.96. The molecule has 0 spiro atoms. The fourth-order valence-corrected chi connectivity index (χ4v) is 2.59. The summed E-state index contributed by atoms with van der Waals surface area (Å²) in [5.41, 5.74) is 5.28. The Morgan fingerprint density at radius 1 is 1.36 bits per heavy atom. The van der Waals surface area contributed by atoms with Crippen molar-refractivity contribution < 1.29 is 18.7 Å². The summed E-state index contributed by atoms with van der Waals surface area (Å²) in [7, 11) is 0. The summed E-state index contributed by atoms with van der Waals surface area (Å²) in [6.07, 6.45) is 0.860. The lowest BCUT2D eigenvalue weighted by molar-refractivity contribution is -0.141. The highest BCUT2D eigenvalue weighted by Crippen LogP contribution is 2.21. The van der Waals surface area contributed by atoms with Gasteiger partial charge in [0.05, 0.1) is 0 Å². The van der Waals surface area contributed by atoms with Crippen LogP contribution in [-0.2, 0) is 9.59 Å². The molecule has 1 unspecified atom stereocenters. The topological polar surface area (TPSA) is 72.6 Å². The molecule has 1 saturated heterocycles. The maximum Gasteiger partial charge on any atom is 0.263 e. The fourth-order valence-electron chi connectivity index (χ4n) is 2.59. The normalized spacial score (nSPS) is 17.1. The molecule has 1 aliphatic heterocycles. The lowest BCUT2D eigenvalue weighted by Gasteiger charge is -2.33. The molecular formula is C16H21FN2O3. The molecule has 2 amide bonds. The number of halogens is 1. The van der Waals surface area contributed by atoms with Gasteiger partial charge in [0.2, 0.25) is 5.91 Å². The number of likely N-dealkylation sites (tertiary alicyclic amines) is 1. The van der Waals surface area contributed by atoms with E-state index in [0.717, 1.165) is 0 Å². The van der Waals surface area contributed by atoms with Crippen LogP contribution in [0, 0.1) is 11.7 Å². The molecule has 0 saturated carbocycles. The summed E-state index contributed by atoms with van der Waals surface area (Å²) in [6.45, 7) is 2.77. The minimum absolute atomic E-state index is 0.0784. The molecule has 1 aliphatic rings. The number of hydrogen-bond donors (Lipinski definition) is 1. The highest BCUT2D eigenvalue weighted by Gasteiger charge is 2.30. The average Bonchev–Trinajstić information content (AvgIpc) is 2.53. The highest BCUT2D eigenvalue weighted by molar-refractivity contribution is 5.82. The van der Waals surface area contributed by atoms with E-state index in [0.29, 0.717) is 32.4 Å². The molecule has 0 radical (unpaired) electrons. The first-order valence-corrected chi connectivity index (χ1v) is 7.52. The van der Waals surface area contributed by atoms with Crippen molar-refractivity contribution in [3.63, 3.8) is 0 Å². The number of amides is 2. The Hall–Kier alpha value is -2.11. The minimum atomic E-state index is -0.720. The summed E-state index contributed by atoms with van der Waals surface area (Å²) in [5, 5.41) is 0. The second-order valence-corrected chi connectivity index (χ2v) is 5.45. The van der Waals surface area contributed by atoms with E-state index in [1.165, 1.54) is 12.1 Å². The van der Waals surface area contributed by atoms with Crippen LogP contribution in [0.3, 0.4) is 0 Å². The van der Waals surface area contributed by atoms with E-state index in [4.69, 9.17) is 10.5 Å². The van der Waals surface area contributed by atoms with Crippen LogP contribution in [-0.4, -0.2) is 35.9 Å². The van der Waals surface area contributed by atoms with E-state index < -0.39 is 11.9 Å². The first-order chi connectivity index (χ1) is 10.5. The van der Waals surface area contributed by atoms with Gasteiger partial charge < -0.3 is 15.4 Å². The van der Waals surface area contributed by atoms with Gasteiger partial charge in [-0.25, -0.2) is 4.39 Å². The molecule has 6 heteroatoms. The second kappa shape index (κ2) is 7.24. The maximum absolute atomic E-state index is 13.6. The van der Waals surface area contributed by atoms with Gasteiger partial charge in [0.25, 0.3) is 5.91 Å². The van der Waals surface area contributed by atoms with Crippen LogP contribution in [0.2, 0.25) is 0 Å². The lowest BCUT2D eigenvalue weighted by Crippen LogP contribution is -2.47. The van der Waals surface area contributed by atoms with Gasteiger partial charge in [-0.3, -0.25) is 9.59 Å². The van der Waals surface area contributed by atoms with Gasteiger partial charge in [0, 0.05) is 19.0 Å². The highest BCUT2D eigenvalue weighted by atomic mass is 19.1.